The molecule has 0 spiro atoms. The van der Waals surface area contributed by atoms with Crippen LogP contribution >= 0.6 is 11.3 Å². The molecule has 3 aromatic rings. The van der Waals surface area contributed by atoms with Gasteiger partial charge in [-0.05, 0) is 79.6 Å². The lowest BCUT2D eigenvalue weighted by molar-refractivity contribution is -0.132. The number of benzene rings is 2. The molecule has 1 unspecified atom stereocenters. The molecule has 170 valence electrons. The number of hydrogen-bond acceptors (Lipinski definition) is 5. The summed E-state index contributed by atoms with van der Waals surface area (Å²) in [6.45, 7) is 8.49. The molecule has 1 atom stereocenters. The summed E-state index contributed by atoms with van der Waals surface area (Å²) in [6.07, 6.45) is 0.856. The van der Waals surface area contributed by atoms with E-state index in [9.17, 15) is 14.7 Å². The second-order valence-electron chi connectivity index (χ2n) is 8.28. The van der Waals surface area contributed by atoms with Gasteiger partial charge in [-0.25, -0.2) is 0 Å². The van der Waals surface area contributed by atoms with Gasteiger partial charge in [-0.2, -0.15) is 0 Å². The third kappa shape index (κ3) is 4.18. The molecule has 1 aliphatic rings. The Balaban J connectivity index is 1.89. The van der Waals surface area contributed by atoms with E-state index in [1.807, 2.05) is 57.3 Å². The number of nitrogens with zero attached hydrogens (tertiary/aromatic N) is 1. The average molecular weight is 462 g/mol. The van der Waals surface area contributed by atoms with E-state index < -0.39 is 17.7 Å². The number of anilines is 1. The van der Waals surface area contributed by atoms with Crippen LogP contribution in [0.4, 0.5) is 5.69 Å². The van der Waals surface area contributed by atoms with Crippen molar-refractivity contribution in [1.29, 1.82) is 0 Å². The van der Waals surface area contributed by atoms with Crippen LogP contribution in [-0.4, -0.2) is 23.4 Å². The summed E-state index contributed by atoms with van der Waals surface area (Å²) in [4.78, 5) is 28.9. The number of ether oxygens (including phenoxy) is 1. The molecule has 1 aromatic heterocycles. The van der Waals surface area contributed by atoms with Crippen molar-refractivity contribution >= 4 is 34.5 Å². The fourth-order valence-electron chi connectivity index (χ4n) is 4.00. The summed E-state index contributed by atoms with van der Waals surface area (Å²) in [5.41, 5.74) is 4.26. The Morgan fingerprint density at radius 2 is 1.82 bits per heavy atom. The van der Waals surface area contributed by atoms with Crippen LogP contribution in [0.15, 0.2) is 59.5 Å². The highest BCUT2D eigenvalue weighted by molar-refractivity contribution is 7.10. The molecule has 6 heteroatoms. The largest absolute Gasteiger partial charge is 0.507 e. The monoisotopic (exact) mass is 461 g/mol. The molecule has 2 aromatic carbocycles. The van der Waals surface area contributed by atoms with Crippen LogP contribution in [0.2, 0.25) is 0 Å². The van der Waals surface area contributed by atoms with E-state index in [1.165, 1.54) is 16.2 Å². The highest BCUT2D eigenvalue weighted by Crippen LogP contribution is 2.45. The van der Waals surface area contributed by atoms with Crippen molar-refractivity contribution in [2.24, 2.45) is 0 Å². The second kappa shape index (κ2) is 9.24. The first kappa shape index (κ1) is 22.8. The van der Waals surface area contributed by atoms with Gasteiger partial charge in [-0.3, -0.25) is 14.5 Å². The Hall–Kier alpha value is -3.38. The molecule has 1 saturated heterocycles. The third-order valence-corrected chi connectivity index (χ3v) is 7.01. The fourth-order valence-corrected chi connectivity index (χ4v) is 5.02. The summed E-state index contributed by atoms with van der Waals surface area (Å²) in [6, 6.07) is 14.0. The van der Waals surface area contributed by atoms with Gasteiger partial charge in [-0.15, -0.1) is 11.3 Å². The van der Waals surface area contributed by atoms with Crippen LogP contribution in [0.3, 0.4) is 0 Å². The van der Waals surface area contributed by atoms with Gasteiger partial charge < -0.3 is 9.84 Å². The van der Waals surface area contributed by atoms with Crippen molar-refractivity contribution in [2.45, 2.75) is 40.2 Å². The van der Waals surface area contributed by atoms with E-state index in [4.69, 9.17) is 4.74 Å². The molecule has 4 rings (SSSR count). The van der Waals surface area contributed by atoms with Gasteiger partial charge >= 0.3 is 0 Å². The molecular formula is C27H27NO4S. The minimum atomic E-state index is -0.702. The first-order chi connectivity index (χ1) is 15.8. The number of carbonyl (C=O) groups is 2. The topological polar surface area (TPSA) is 66.8 Å². The fraction of sp³-hybridized carbons (Fsp3) is 0.259. The SMILES string of the molecule is CCCOc1cccc(/C(O)=C2/C(=O)C(=O)N(c3ccc(C)c(C)c3)C2c2sccc2C)c1. The Bertz CT molecular complexity index is 1260. The standard InChI is InChI=1S/C27H27NO4S/c1-5-12-32-21-8-6-7-19(15-21)24(29)22-23(26-17(3)11-13-33-26)28(27(31)25(22)30)20-10-9-16(2)18(4)14-20/h6-11,13-15,23,29H,5,12H2,1-4H3/b24-22-. The molecule has 33 heavy (non-hydrogen) atoms. The number of thiophene rings is 1. The van der Waals surface area contributed by atoms with Crippen LogP contribution in [0.25, 0.3) is 5.76 Å². The molecular weight excluding hydrogens is 434 g/mol. The zero-order valence-electron chi connectivity index (χ0n) is 19.2. The Morgan fingerprint density at radius 1 is 1.03 bits per heavy atom. The number of ketones is 1. The van der Waals surface area contributed by atoms with Crippen LogP contribution in [-0.2, 0) is 9.59 Å². The lowest BCUT2D eigenvalue weighted by Gasteiger charge is -2.25. The van der Waals surface area contributed by atoms with Gasteiger partial charge in [0, 0.05) is 16.1 Å². The van der Waals surface area contributed by atoms with Crippen molar-refractivity contribution in [1.82, 2.24) is 0 Å². The van der Waals surface area contributed by atoms with E-state index in [2.05, 4.69) is 0 Å². The maximum absolute atomic E-state index is 13.3. The van der Waals surface area contributed by atoms with E-state index in [-0.39, 0.29) is 11.3 Å². The first-order valence-corrected chi connectivity index (χ1v) is 11.9. The minimum Gasteiger partial charge on any atom is -0.507 e. The Morgan fingerprint density at radius 3 is 2.48 bits per heavy atom. The number of aryl methyl sites for hydroxylation is 3. The molecule has 0 bridgehead atoms. The second-order valence-corrected chi connectivity index (χ2v) is 9.23. The maximum atomic E-state index is 13.3. The summed E-state index contributed by atoms with van der Waals surface area (Å²) in [5, 5.41) is 13.2. The van der Waals surface area contributed by atoms with Crippen molar-refractivity contribution in [3.8, 4) is 5.75 Å². The van der Waals surface area contributed by atoms with E-state index in [1.54, 1.807) is 24.3 Å². The van der Waals surface area contributed by atoms with Crippen LogP contribution in [0.5, 0.6) is 5.75 Å². The molecule has 1 fully saturated rings. The van der Waals surface area contributed by atoms with Gasteiger partial charge in [-0.1, -0.05) is 25.1 Å². The van der Waals surface area contributed by atoms with Crippen molar-refractivity contribution in [3.63, 3.8) is 0 Å². The third-order valence-electron chi connectivity index (χ3n) is 5.94. The summed E-state index contributed by atoms with van der Waals surface area (Å²) in [7, 11) is 0. The smallest absolute Gasteiger partial charge is 0.300 e. The van der Waals surface area contributed by atoms with E-state index in [0.717, 1.165) is 28.0 Å². The summed E-state index contributed by atoms with van der Waals surface area (Å²) >= 11 is 1.47. The highest BCUT2D eigenvalue weighted by Gasteiger charge is 2.48. The Labute approximate surface area is 197 Å². The van der Waals surface area contributed by atoms with Gasteiger partial charge in [0.15, 0.2) is 0 Å². The van der Waals surface area contributed by atoms with Crippen LogP contribution < -0.4 is 9.64 Å². The summed E-state index contributed by atoms with van der Waals surface area (Å²) in [5.74, 6) is -0.924. The number of aliphatic hydroxyl groups is 1. The normalized spacial score (nSPS) is 17.6. The van der Waals surface area contributed by atoms with Gasteiger partial charge in [0.1, 0.15) is 17.6 Å². The predicted molar refractivity (Wildman–Crippen MR) is 132 cm³/mol. The van der Waals surface area contributed by atoms with Crippen molar-refractivity contribution in [3.05, 3.63) is 86.6 Å². The molecule has 1 amide bonds. The van der Waals surface area contributed by atoms with Crippen LogP contribution in [0, 0.1) is 20.8 Å². The van der Waals surface area contributed by atoms with Gasteiger partial charge in [0.2, 0.25) is 0 Å². The minimum absolute atomic E-state index is 0.0939. The predicted octanol–water partition coefficient (Wildman–Crippen LogP) is 6.09. The first-order valence-electron chi connectivity index (χ1n) is 11.0. The Kier molecular flexibility index (Phi) is 6.38. The number of rotatable bonds is 6. The maximum Gasteiger partial charge on any atom is 0.300 e. The van der Waals surface area contributed by atoms with Gasteiger partial charge in [0.25, 0.3) is 11.7 Å². The number of amides is 1. The quantitative estimate of drug-likeness (QED) is 0.274. The van der Waals surface area contributed by atoms with Crippen molar-refractivity contribution in [2.75, 3.05) is 11.5 Å². The lowest BCUT2D eigenvalue weighted by Crippen LogP contribution is -2.29. The van der Waals surface area contributed by atoms with Gasteiger partial charge in [0.05, 0.1) is 12.2 Å². The lowest BCUT2D eigenvalue weighted by atomic mass is 9.98. The molecule has 5 nitrogen and oxygen atoms in total. The average Bonchev–Trinajstić information content (AvgIpc) is 3.34. The molecule has 0 aliphatic carbocycles. The van der Waals surface area contributed by atoms with Crippen LogP contribution in [0.1, 0.15) is 46.5 Å². The zero-order chi connectivity index (χ0) is 23.7. The van der Waals surface area contributed by atoms with Crippen molar-refractivity contribution < 1.29 is 19.4 Å². The van der Waals surface area contributed by atoms with E-state index in [0.29, 0.717) is 23.6 Å². The molecule has 1 N–H and O–H groups in total. The molecule has 0 saturated carbocycles. The number of aliphatic hydroxyl groups excluding tert-OH is 1. The zero-order valence-corrected chi connectivity index (χ0v) is 20.0. The molecule has 0 radical (unpaired) electrons. The number of carbonyl (C=O) groups excluding carboxylic acids is 2. The number of Topliss-reactive ketones (excluding diaryl/α,β-unsaturated/α-hetero) is 1. The molecule has 2 heterocycles. The summed E-state index contributed by atoms with van der Waals surface area (Å²) < 4.78 is 5.70. The number of hydrogen-bond donors (Lipinski definition) is 1. The molecule has 1 aliphatic heterocycles. The van der Waals surface area contributed by atoms with E-state index >= 15 is 0 Å². The highest BCUT2D eigenvalue weighted by atomic mass is 32.1.